The summed E-state index contributed by atoms with van der Waals surface area (Å²) >= 11 is 0. The van der Waals surface area contributed by atoms with Gasteiger partial charge in [0.25, 0.3) is 0 Å². The summed E-state index contributed by atoms with van der Waals surface area (Å²) in [5.74, 6) is 0. The van der Waals surface area contributed by atoms with E-state index in [-0.39, 0.29) is 0 Å². The van der Waals surface area contributed by atoms with Gasteiger partial charge in [-0.15, -0.1) is 0 Å². The zero-order chi connectivity index (χ0) is 14.7. The first-order valence-electron chi connectivity index (χ1n) is 2.30. The van der Waals surface area contributed by atoms with Gasteiger partial charge in [-0.05, 0) is 0 Å². The van der Waals surface area contributed by atoms with Crippen molar-refractivity contribution < 1.29 is 63.7 Å². The van der Waals surface area contributed by atoms with Gasteiger partial charge in [0.2, 0.25) is 0 Å². The maximum atomic E-state index is 9.45. The molecule has 0 fully saturated rings. The Morgan fingerprint density at radius 1 is 0.250 bits per heavy atom. The first-order valence-corrected chi connectivity index (χ1v) is 27.3. The zero-order valence-electron chi connectivity index (χ0n) is 6.47. The summed E-state index contributed by atoms with van der Waals surface area (Å²) in [6.07, 6.45) is 0. The van der Waals surface area contributed by atoms with E-state index in [0.29, 0.717) is 0 Å². The number of hydrogen-bond donors (Lipinski definition) is 0. The summed E-state index contributed by atoms with van der Waals surface area (Å²) in [5.41, 5.74) is 0. The van der Waals surface area contributed by atoms with Gasteiger partial charge in [0.05, 0.1) is 0 Å². The van der Waals surface area contributed by atoms with Crippen LogP contribution in [0.3, 0.4) is 0 Å². The van der Waals surface area contributed by atoms with Crippen molar-refractivity contribution in [3.05, 3.63) is 0 Å². The van der Waals surface area contributed by atoms with E-state index in [9.17, 15) is 48.6 Å². The van der Waals surface area contributed by atoms with E-state index in [4.69, 9.17) is 0 Å². The van der Waals surface area contributed by atoms with Gasteiger partial charge < -0.3 is 0 Å². The average Bonchev–Trinajstić information content (AvgIpc) is 0.888. The van der Waals surface area contributed by atoms with Crippen LogP contribution in [-0.2, 0) is 63.7 Å². The molecule has 0 rings (SSSR count). The molecule has 14 nitrogen and oxygen atoms in total. The quantitative estimate of drug-likeness (QED) is 0.329. The summed E-state index contributed by atoms with van der Waals surface area (Å²) in [7, 11) is -33.8. The first-order chi connectivity index (χ1) is 5.07. The predicted octanol–water partition coefficient (Wildman–Crippen LogP) is -1.67. The Balaban J connectivity index is 12.6. The summed E-state index contributed by atoms with van der Waals surface area (Å²) in [4.78, 5) is 0. The molecule has 0 N–H and O–H groups in total. The van der Waals surface area contributed by atoms with Crippen molar-refractivity contribution in [3.63, 3.8) is 0 Å². The molecule has 0 aromatic carbocycles. The molecular formula is O14Re2. The molecule has 0 bridgehead atoms. The van der Waals surface area contributed by atoms with Crippen molar-refractivity contribution in [2.45, 2.75) is 0 Å². The molecule has 0 heterocycles. The average molecular weight is 596 g/mol. The fraction of sp³-hybridized carbons (Fsp3) is 0. The number of rotatable bonds is 1. The Labute approximate surface area is 63.9 Å². The maximum absolute atomic E-state index is 16.9. The molecular weight excluding hydrogens is 596 g/mol. The van der Waals surface area contributed by atoms with Crippen LogP contribution in [0, 0.1) is 0 Å². The van der Waals surface area contributed by atoms with E-state index in [1.165, 1.54) is 0 Å². The Morgan fingerprint density at radius 2 is 0.312 bits per heavy atom. The molecule has 0 saturated heterocycles. The van der Waals surface area contributed by atoms with Crippen LogP contribution < -0.4 is 0 Å². The van der Waals surface area contributed by atoms with Crippen LogP contribution in [0.15, 0.2) is 0 Å². The monoisotopic (exact) mass is 598 g/mol. The van der Waals surface area contributed by atoms with Crippen molar-refractivity contribution in [2.75, 3.05) is 0 Å². The molecule has 0 amide bonds. The molecule has 0 atom stereocenters. The van der Waals surface area contributed by atoms with Gasteiger partial charge in [-0.25, -0.2) is 0 Å². The summed E-state index contributed by atoms with van der Waals surface area (Å²) in [6.45, 7) is 0. The Kier molecular flexibility index (Phi) is 0.648. The van der Waals surface area contributed by atoms with Crippen molar-refractivity contribution in [1.29, 1.82) is 0 Å². The van der Waals surface area contributed by atoms with Gasteiger partial charge in [0.1, 0.15) is 0 Å². The van der Waals surface area contributed by atoms with Crippen LogP contribution in [0.25, 0.3) is 0 Å². The molecule has 16 heavy (non-hydrogen) atoms. The molecule has 0 aliphatic heterocycles. The Morgan fingerprint density at radius 3 is 0.312 bits per heavy atom. The zero-order valence-corrected chi connectivity index (χ0v) is 11.9. The second-order valence-electron chi connectivity index (χ2n) is 3.46. The van der Waals surface area contributed by atoms with E-state index in [2.05, 4.69) is 0 Å². The van der Waals surface area contributed by atoms with Crippen LogP contribution in [0.5, 0.6) is 0 Å². The van der Waals surface area contributed by atoms with Gasteiger partial charge in [0.15, 0.2) is 0 Å². The third-order valence-corrected chi connectivity index (χ3v) is 78.2. The van der Waals surface area contributed by atoms with Gasteiger partial charge >= 0.3 is 63.7 Å². The molecule has 0 spiro atoms. The Hall–Kier alpha value is -1.48. The van der Waals surface area contributed by atoms with Crippen molar-refractivity contribution in [2.24, 2.45) is 0 Å². The van der Waals surface area contributed by atoms with E-state index < -0.39 is 15.1 Å². The van der Waals surface area contributed by atoms with Crippen LogP contribution >= 0.6 is 0 Å². The summed E-state index contributed by atoms with van der Waals surface area (Å²) in [6, 6.07) is 0. The van der Waals surface area contributed by atoms with E-state index >= 15 is 0 Å². The normalized spacial score (nSPS) is 25.8. The van der Waals surface area contributed by atoms with Crippen LogP contribution in [-0.4, -0.2) is 0 Å². The number of hydrogen-bond acceptors (Lipinski definition) is 14. The second kappa shape index (κ2) is 0.714. The third kappa shape index (κ3) is 0.737. The predicted molar refractivity (Wildman–Crippen MR) is 9.61 cm³/mol. The molecule has 0 aromatic heterocycles. The fourth-order valence-electron chi connectivity index (χ4n) is 0. The van der Waals surface area contributed by atoms with Crippen LogP contribution in [0.4, 0.5) is 0 Å². The molecule has 0 aliphatic carbocycles. The molecule has 0 aliphatic rings. The van der Waals surface area contributed by atoms with Crippen LogP contribution in [0.1, 0.15) is 0 Å². The van der Waals surface area contributed by atoms with Gasteiger partial charge in [-0.2, -0.15) is 0 Å². The van der Waals surface area contributed by atoms with Gasteiger partial charge in [-0.3, -0.25) is 0 Å². The van der Waals surface area contributed by atoms with E-state index in [1.54, 1.807) is 0 Å². The Bertz CT molecular complexity index is 1820. The van der Waals surface area contributed by atoms with Gasteiger partial charge in [0, 0.05) is 0 Å². The summed E-state index contributed by atoms with van der Waals surface area (Å²) in [5, 5.41) is 0. The molecule has 16 heteroatoms. The minimum atomic E-state index is -16.9. The van der Waals surface area contributed by atoms with E-state index in [0.717, 1.165) is 0 Å². The molecule has 0 radical (unpaired) electrons. The fourth-order valence-corrected chi connectivity index (χ4v) is 0. The van der Waals surface area contributed by atoms with Gasteiger partial charge in [-0.1, -0.05) is 0 Å². The molecule has 0 saturated carbocycles. The molecule has 0 aromatic rings. The molecule has 98 valence electrons. The summed E-state index contributed by atoms with van der Waals surface area (Å²) < 4.78 is 132. The van der Waals surface area contributed by atoms with Crippen molar-refractivity contribution >= 4 is 0 Å². The van der Waals surface area contributed by atoms with Crippen molar-refractivity contribution in [3.8, 4) is 0 Å². The minimum absolute atomic E-state index is 9.45. The first kappa shape index (κ1) is 14.5. The third-order valence-electron chi connectivity index (χ3n) is 1.17. The second-order valence-corrected chi connectivity index (χ2v) is 76.4. The van der Waals surface area contributed by atoms with E-state index in [1.807, 2.05) is 0 Å². The standard InChI is InChI=1S/14O.2Re. The molecule has 0 unspecified atom stereocenters. The van der Waals surface area contributed by atoms with Crippen LogP contribution in [0.2, 0.25) is 0 Å². The SMILES string of the molecule is [O]=[Re](=[O])(=[O])(=[O])(=[O])(=[O])(=[O])[Re](=[O])(=[O])(=[O])(=[O])(=[O])(=[O])=[O]. The topological polar surface area (TPSA) is 239 Å². The van der Waals surface area contributed by atoms with Crippen molar-refractivity contribution in [1.82, 2.24) is 0 Å².